The Morgan fingerprint density at radius 1 is 1.12 bits per heavy atom. The van der Waals surface area contributed by atoms with Crippen molar-refractivity contribution in [3.63, 3.8) is 0 Å². The van der Waals surface area contributed by atoms with Crippen LogP contribution in [0.25, 0.3) is 11.3 Å². The third-order valence-electron chi connectivity index (χ3n) is 6.41. The number of nitriles is 1. The number of hydrogen-bond donors (Lipinski definition) is 2. The lowest BCUT2D eigenvalue weighted by molar-refractivity contribution is 0.0254. The van der Waals surface area contributed by atoms with Gasteiger partial charge in [-0.1, -0.05) is 0 Å². The number of anilines is 2. The van der Waals surface area contributed by atoms with Gasteiger partial charge < -0.3 is 19.9 Å². The molecule has 2 aromatic heterocycles. The molecule has 2 aliphatic rings. The van der Waals surface area contributed by atoms with Gasteiger partial charge in [0.2, 0.25) is 5.95 Å². The van der Waals surface area contributed by atoms with E-state index >= 15 is 0 Å². The second kappa shape index (κ2) is 10.2. The van der Waals surface area contributed by atoms with Crippen molar-refractivity contribution in [2.45, 2.75) is 56.8 Å². The number of ether oxygens (including phenoxy) is 2. The second-order valence-corrected chi connectivity index (χ2v) is 8.81. The third kappa shape index (κ3) is 5.19. The lowest BCUT2D eigenvalue weighted by Crippen LogP contribution is -2.26. The zero-order valence-electron chi connectivity index (χ0n) is 18.9. The molecule has 0 unspecified atom stereocenters. The SMILES string of the molecule is N#Cc1cc(-c2ccnc(Nc3cnn(C4CCC(O)CC4)c3)n2)ccc1OC1CCOCC1. The van der Waals surface area contributed by atoms with Gasteiger partial charge in [0.25, 0.3) is 0 Å². The minimum Gasteiger partial charge on any atom is -0.489 e. The Morgan fingerprint density at radius 3 is 2.74 bits per heavy atom. The molecule has 0 radical (unpaired) electrons. The van der Waals surface area contributed by atoms with Gasteiger partial charge in [-0.25, -0.2) is 9.97 Å². The molecule has 0 spiro atoms. The largest absolute Gasteiger partial charge is 0.489 e. The first-order chi connectivity index (χ1) is 16.7. The molecule has 2 N–H and O–H groups in total. The van der Waals surface area contributed by atoms with Crippen LogP contribution in [0.3, 0.4) is 0 Å². The second-order valence-electron chi connectivity index (χ2n) is 8.81. The smallest absolute Gasteiger partial charge is 0.227 e. The van der Waals surface area contributed by atoms with E-state index in [1.807, 2.05) is 29.1 Å². The lowest BCUT2D eigenvalue weighted by atomic mass is 9.93. The van der Waals surface area contributed by atoms with Crippen LogP contribution in [-0.4, -0.2) is 50.3 Å². The van der Waals surface area contributed by atoms with Gasteiger partial charge in [-0.05, 0) is 49.9 Å². The first-order valence-corrected chi connectivity index (χ1v) is 11.8. The fourth-order valence-corrected chi connectivity index (χ4v) is 4.49. The van der Waals surface area contributed by atoms with E-state index < -0.39 is 0 Å². The summed E-state index contributed by atoms with van der Waals surface area (Å²) >= 11 is 0. The highest BCUT2D eigenvalue weighted by Crippen LogP contribution is 2.30. The molecule has 34 heavy (non-hydrogen) atoms. The average molecular weight is 461 g/mol. The molecule has 1 saturated carbocycles. The molecule has 2 fully saturated rings. The summed E-state index contributed by atoms with van der Waals surface area (Å²) in [6.07, 6.45) is 10.4. The zero-order chi connectivity index (χ0) is 23.3. The van der Waals surface area contributed by atoms with Gasteiger partial charge in [-0.15, -0.1) is 0 Å². The molecule has 176 valence electrons. The molecule has 9 heteroatoms. The van der Waals surface area contributed by atoms with E-state index in [9.17, 15) is 10.4 Å². The van der Waals surface area contributed by atoms with Gasteiger partial charge in [0.1, 0.15) is 17.9 Å². The van der Waals surface area contributed by atoms with E-state index in [4.69, 9.17) is 9.47 Å². The number of nitrogens with one attached hydrogen (secondary N) is 1. The molecule has 1 aliphatic carbocycles. The van der Waals surface area contributed by atoms with Gasteiger partial charge in [0.05, 0.1) is 48.5 Å². The monoisotopic (exact) mass is 460 g/mol. The van der Waals surface area contributed by atoms with Crippen LogP contribution in [-0.2, 0) is 4.74 Å². The van der Waals surface area contributed by atoms with Crippen LogP contribution in [0.15, 0.2) is 42.9 Å². The Morgan fingerprint density at radius 2 is 1.94 bits per heavy atom. The number of benzene rings is 1. The van der Waals surface area contributed by atoms with E-state index in [1.165, 1.54) is 0 Å². The van der Waals surface area contributed by atoms with E-state index in [0.717, 1.165) is 49.8 Å². The maximum atomic E-state index is 9.73. The van der Waals surface area contributed by atoms with Crippen molar-refractivity contribution in [3.05, 3.63) is 48.4 Å². The van der Waals surface area contributed by atoms with Crippen molar-refractivity contribution in [2.75, 3.05) is 18.5 Å². The Bertz CT molecular complexity index is 1160. The van der Waals surface area contributed by atoms with Gasteiger partial charge in [0.15, 0.2) is 0 Å². The number of hydrogen-bond acceptors (Lipinski definition) is 8. The van der Waals surface area contributed by atoms with E-state index in [2.05, 4.69) is 26.5 Å². The lowest BCUT2D eigenvalue weighted by Gasteiger charge is -2.25. The van der Waals surface area contributed by atoms with Gasteiger partial charge in [-0.3, -0.25) is 4.68 Å². The van der Waals surface area contributed by atoms with Crippen LogP contribution in [0.5, 0.6) is 5.75 Å². The number of aliphatic hydroxyl groups excluding tert-OH is 1. The molecule has 9 nitrogen and oxygen atoms in total. The predicted octanol–water partition coefficient (Wildman–Crippen LogP) is 3.99. The van der Waals surface area contributed by atoms with Crippen LogP contribution >= 0.6 is 0 Å². The summed E-state index contributed by atoms with van der Waals surface area (Å²) in [6, 6.07) is 9.92. The Kier molecular flexibility index (Phi) is 6.70. The topological polar surface area (TPSA) is 118 Å². The summed E-state index contributed by atoms with van der Waals surface area (Å²) in [5.41, 5.74) is 2.82. The van der Waals surface area contributed by atoms with Gasteiger partial charge in [0, 0.05) is 30.8 Å². The molecule has 1 aromatic carbocycles. The van der Waals surface area contributed by atoms with Crippen molar-refractivity contribution in [2.24, 2.45) is 0 Å². The number of aromatic nitrogens is 4. The highest BCUT2D eigenvalue weighted by atomic mass is 16.5. The van der Waals surface area contributed by atoms with E-state index in [0.29, 0.717) is 42.2 Å². The van der Waals surface area contributed by atoms with Gasteiger partial charge in [-0.2, -0.15) is 10.4 Å². The molecule has 0 amide bonds. The molecule has 3 heterocycles. The van der Waals surface area contributed by atoms with Crippen LogP contribution < -0.4 is 10.1 Å². The fourth-order valence-electron chi connectivity index (χ4n) is 4.49. The molecule has 1 saturated heterocycles. The molecule has 3 aromatic rings. The zero-order valence-corrected chi connectivity index (χ0v) is 18.9. The normalized spacial score (nSPS) is 21.1. The standard InChI is InChI=1S/C25H28N6O3/c26-14-18-13-17(1-6-24(18)34-22-8-11-33-12-9-22)23-7-10-27-25(30-23)29-19-15-28-31(16-19)20-2-4-21(32)5-3-20/h1,6-7,10,13,15-16,20-22,32H,2-5,8-9,11-12H2,(H,27,29,30). The summed E-state index contributed by atoms with van der Waals surface area (Å²) < 4.78 is 13.4. The number of aliphatic hydroxyl groups is 1. The van der Waals surface area contributed by atoms with Gasteiger partial charge >= 0.3 is 0 Å². The molecular weight excluding hydrogens is 432 g/mol. The molecule has 0 atom stereocenters. The van der Waals surface area contributed by atoms with Crippen molar-refractivity contribution < 1.29 is 14.6 Å². The quantitative estimate of drug-likeness (QED) is 0.567. The van der Waals surface area contributed by atoms with Crippen molar-refractivity contribution in [1.82, 2.24) is 19.7 Å². The number of rotatable bonds is 6. The van der Waals surface area contributed by atoms with Crippen molar-refractivity contribution >= 4 is 11.6 Å². The first kappa shape index (κ1) is 22.3. The van der Waals surface area contributed by atoms with Crippen LogP contribution in [0, 0.1) is 11.3 Å². The van der Waals surface area contributed by atoms with E-state index in [1.54, 1.807) is 18.5 Å². The average Bonchev–Trinajstić information content (AvgIpc) is 3.34. The summed E-state index contributed by atoms with van der Waals surface area (Å²) in [5, 5.41) is 27.1. The molecule has 1 aliphatic heterocycles. The summed E-state index contributed by atoms with van der Waals surface area (Å²) in [4.78, 5) is 8.97. The maximum Gasteiger partial charge on any atom is 0.227 e. The number of nitrogens with zero attached hydrogens (tertiary/aromatic N) is 5. The molecule has 5 rings (SSSR count). The summed E-state index contributed by atoms with van der Waals surface area (Å²) in [6.45, 7) is 1.37. The minimum atomic E-state index is -0.190. The van der Waals surface area contributed by atoms with Crippen LogP contribution in [0.1, 0.15) is 50.1 Å². The molecular formula is C25H28N6O3. The first-order valence-electron chi connectivity index (χ1n) is 11.8. The Balaban J connectivity index is 1.29. The van der Waals surface area contributed by atoms with Crippen molar-refractivity contribution in [3.8, 4) is 23.1 Å². The predicted molar refractivity (Wildman–Crippen MR) is 126 cm³/mol. The Hall–Kier alpha value is -3.48. The Labute approximate surface area is 198 Å². The summed E-state index contributed by atoms with van der Waals surface area (Å²) in [5.74, 6) is 1.05. The summed E-state index contributed by atoms with van der Waals surface area (Å²) in [7, 11) is 0. The van der Waals surface area contributed by atoms with Crippen LogP contribution in [0.4, 0.5) is 11.6 Å². The minimum absolute atomic E-state index is 0.0705. The highest BCUT2D eigenvalue weighted by molar-refractivity contribution is 5.65. The maximum absolute atomic E-state index is 9.73. The van der Waals surface area contributed by atoms with Crippen LogP contribution in [0.2, 0.25) is 0 Å². The molecule has 0 bridgehead atoms. The fraction of sp³-hybridized carbons (Fsp3) is 0.440. The van der Waals surface area contributed by atoms with E-state index in [-0.39, 0.29) is 12.2 Å². The van der Waals surface area contributed by atoms with Crippen molar-refractivity contribution in [1.29, 1.82) is 5.26 Å². The third-order valence-corrected chi connectivity index (χ3v) is 6.41. The highest BCUT2D eigenvalue weighted by Gasteiger charge is 2.21.